The van der Waals surface area contributed by atoms with Crippen LogP contribution < -0.4 is 5.32 Å². The van der Waals surface area contributed by atoms with E-state index in [2.05, 4.69) is 66.2 Å². The summed E-state index contributed by atoms with van der Waals surface area (Å²) in [5.41, 5.74) is 4.20. The minimum absolute atomic E-state index is 0.110. The number of amides is 1. The zero-order chi connectivity index (χ0) is 24.0. The standard InChI is InChI=1S/C27H17BrN4OS2/c28-20-10-8-19(9-11-20)24-15-23-26(35-24)27(31-17-30-23)34-16-25(33)32-22-6-3-4-18(14-22)7-12-21-5-1-2-13-29-21/h1-6,8-11,13-15,17H,16H2,(H,32,33). The molecular formula is C27H17BrN4OS2. The van der Waals surface area contributed by atoms with Gasteiger partial charge in [0.25, 0.3) is 0 Å². The number of fused-ring (bicyclic) bond motifs is 1. The number of rotatable bonds is 5. The van der Waals surface area contributed by atoms with E-state index in [1.807, 2.05) is 54.6 Å². The molecule has 1 amide bonds. The lowest BCUT2D eigenvalue weighted by Gasteiger charge is -2.06. The second kappa shape index (κ2) is 10.8. The summed E-state index contributed by atoms with van der Waals surface area (Å²) in [5.74, 6) is 6.24. The highest BCUT2D eigenvalue weighted by atomic mass is 79.9. The minimum atomic E-state index is -0.110. The Morgan fingerprint density at radius 1 is 0.971 bits per heavy atom. The van der Waals surface area contributed by atoms with Crippen molar-refractivity contribution < 1.29 is 4.79 Å². The highest BCUT2D eigenvalue weighted by Gasteiger charge is 2.13. The third-order valence-corrected chi connectivity index (χ3v) is 7.72. The quantitative estimate of drug-likeness (QED) is 0.149. The first-order valence-electron chi connectivity index (χ1n) is 10.6. The van der Waals surface area contributed by atoms with Gasteiger partial charge in [-0.2, -0.15) is 0 Å². The minimum Gasteiger partial charge on any atom is -0.325 e. The van der Waals surface area contributed by atoms with Crippen molar-refractivity contribution in [1.82, 2.24) is 15.0 Å². The van der Waals surface area contributed by atoms with E-state index in [4.69, 9.17) is 0 Å². The maximum Gasteiger partial charge on any atom is 0.234 e. The molecule has 5 nitrogen and oxygen atoms in total. The van der Waals surface area contributed by atoms with Crippen LogP contribution in [0.3, 0.4) is 0 Å². The van der Waals surface area contributed by atoms with Crippen molar-refractivity contribution in [3.63, 3.8) is 0 Å². The Balaban J connectivity index is 1.26. The number of carbonyl (C=O) groups excluding carboxylic acids is 1. The number of thiophene rings is 1. The van der Waals surface area contributed by atoms with Gasteiger partial charge in [0.05, 0.1) is 16.0 Å². The number of aromatic nitrogens is 3. The predicted molar refractivity (Wildman–Crippen MR) is 147 cm³/mol. The Morgan fingerprint density at radius 2 is 1.86 bits per heavy atom. The van der Waals surface area contributed by atoms with Gasteiger partial charge in [-0.15, -0.1) is 11.3 Å². The summed E-state index contributed by atoms with van der Waals surface area (Å²) >= 11 is 6.51. The number of hydrogen-bond acceptors (Lipinski definition) is 6. The molecule has 2 aromatic carbocycles. The third kappa shape index (κ3) is 5.95. The Morgan fingerprint density at radius 3 is 2.69 bits per heavy atom. The van der Waals surface area contributed by atoms with E-state index in [1.165, 1.54) is 11.8 Å². The van der Waals surface area contributed by atoms with Crippen LogP contribution in [0.25, 0.3) is 20.7 Å². The van der Waals surface area contributed by atoms with Crippen LogP contribution in [0, 0.1) is 11.8 Å². The molecule has 0 saturated carbocycles. The van der Waals surface area contributed by atoms with Crippen LogP contribution in [0.4, 0.5) is 5.69 Å². The number of nitrogens with one attached hydrogen (secondary N) is 1. The molecule has 0 atom stereocenters. The van der Waals surface area contributed by atoms with Gasteiger partial charge in [-0.05, 0) is 60.0 Å². The van der Waals surface area contributed by atoms with E-state index in [9.17, 15) is 4.79 Å². The first-order valence-corrected chi connectivity index (χ1v) is 13.2. The molecule has 0 unspecified atom stereocenters. The monoisotopic (exact) mass is 556 g/mol. The van der Waals surface area contributed by atoms with Crippen LogP contribution in [0.5, 0.6) is 0 Å². The van der Waals surface area contributed by atoms with Crippen LogP contribution in [0.2, 0.25) is 0 Å². The molecule has 3 heterocycles. The van der Waals surface area contributed by atoms with Crippen molar-refractivity contribution in [2.45, 2.75) is 5.03 Å². The molecule has 0 spiro atoms. The molecule has 0 aliphatic heterocycles. The predicted octanol–water partition coefficient (Wildman–Crippen LogP) is 6.65. The average molecular weight is 557 g/mol. The Hall–Kier alpha value is -3.51. The number of halogens is 1. The number of nitrogens with zero attached hydrogens (tertiary/aromatic N) is 3. The van der Waals surface area contributed by atoms with E-state index in [1.54, 1.807) is 23.9 Å². The van der Waals surface area contributed by atoms with Crippen LogP contribution >= 0.6 is 39.0 Å². The molecule has 35 heavy (non-hydrogen) atoms. The maximum atomic E-state index is 12.6. The summed E-state index contributed by atoms with van der Waals surface area (Å²) < 4.78 is 2.02. The lowest BCUT2D eigenvalue weighted by atomic mass is 10.2. The fourth-order valence-electron chi connectivity index (χ4n) is 3.27. The Bertz CT molecular complexity index is 1560. The van der Waals surface area contributed by atoms with Gasteiger partial charge in [0, 0.05) is 26.8 Å². The van der Waals surface area contributed by atoms with Gasteiger partial charge in [0.15, 0.2) is 0 Å². The molecule has 8 heteroatoms. The van der Waals surface area contributed by atoms with Crippen molar-refractivity contribution in [2.24, 2.45) is 0 Å². The molecule has 3 aromatic heterocycles. The van der Waals surface area contributed by atoms with Crippen LogP contribution in [0.15, 0.2) is 94.8 Å². The number of benzene rings is 2. The second-order valence-electron chi connectivity index (χ2n) is 7.39. The van der Waals surface area contributed by atoms with Gasteiger partial charge in [-0.25, -0.2) is 15.0 Å². The number of carbonyl (C=O) groups is 1. The average Bonchev–Trinajstić information content (AvgIpc) is 3.32. The van der Waals surface area contributed by atoms with Crippen molar-refractivity contribution in [2.75, 3.05) is 11.1 Å². The normalized spacial score (nSPS) is 10.5. The highest BCUT2D eigenvalue weighted by molar-refractivity contribution is 9.10. The van der Waals surface area contributed by atoms with Gasteiger partial charge in [-0.3, -0.25) is 4.79 Å². The van der Waals surface area contributed by atoms with E-state index < -0.39 is 0 Å². The number of pyridine rings is 1. The topological polar surface area (TPSA) is 67.8 Å². The summed E-state index contributed by atoms with van der Waals surface area (Å²) in [6.45, 7) is 0. The van der Waals surface area contributed by atoms with Crippen LogP contribution in [-0.4, -0.2) is 26.6 Å². The van der Waals surface area contributed by atoms with Crippen LogP contribution in [0.1, 0.15) is 11.3 Å². The summed E-state index contributed by atoms with van der Waals surface area (Å²) in [4.78, 5) is 26.8. The van der Waals surface area contributed by atoms with E-state index in [0.29, 0.717) is 11.4 Å². The fraction of sp³-hybridized carbons (Fsp3) is 0.0370. The highest BCUT2D eigenvalue weighted by Crippen LogP contribution is 2.37. The molecule has 1 N–H and O–H groups in total. The summed E-state index contributed by atoms with van der Waals surface area (Å²) in [6, 6.07) is 23.3. The van der Waals surface area contributed by atoms with Gasteiger partial charge in [0.1, 0.15) is 17.0 Å². The van der Waals surface area contributed by atoms with E-state index in [-0.39, 0.29) is 11.7 Å². The van der Waals surface area contributed by atoms with Gasteiger partial charge in [-0.1, -0.05) is 57.9 Å². The van der Waals surface area contributed by atoms with E-state index in [0.717, 1.165) is 35.7 Å². The third-order valence-electron chi connectivity index (χ3n) is 4.89. The molecule has 5 rings (SSSR count). The molecule has 5 aromatic rings. The zero-order valence-electron chi connectivity index (χ0n) is 18.2. The lowest BCUT2D eigenvalue weighted by molar-refractivity contribution is -0.113. The summed E-state index contributed by atoms with van der Waals surface area (Å²) in [5, 5.41) is 3.75. The molecule has 0 aliphatic carbocycles. The molecule has 0 fully saturated rings. The zero-order valence-corrected chi connectivity index (χ0v) is 21.5. The molecule has 0 saturated heterocycles. The van der Waals surface area contributed by atoms with Crippen molar-refractivity contribution in [3.8, 4) is 22.3 Å². The Labute approximate surface area is 219 Å². The first-order chi connectivity index (χ1) is 17.1. The van der Waals surface area contributed by atoms with Gasteiger partial charge >= 0.3 is 0 Å². The molecular weight excluding hydrogens is 540 g/mol. The van der Waals surface area contributed by atoms with Crippen molar-refractivity contribution in [3.05, 3.63) is 101 Å². The molecule has 0 bridgehead atoms. The molecule has 0 radical (unpaired) electrons. The second-order valence-corrected chi connectivity index (χ2v) is 10.3. The molecule has 0 aliphatic rings. The van der Waals surface area contributed by atoms with Crippen molar-refractivity contribution >= 4 is 60.8 Å². The SMILES string of the molecule is O=C(CSc1ncnc2cc(-c3ccc(Br)cc3)sc12)Nc1cccc(C#Cc2ccccn2)c1. The summed E-state index contributed by atoms with van der Waals surface area (Å²) in [7, 11) is 0. The first kappa shape index (κ1) is 23.2. The van der Waals surface area contributed by atoms with Gasteiger partial charge < -0.3 is 5.32 Å². The van der Waals surface area contributed by atoms with Gasteiger partial charge in [0.2, 0.25) is 5.91 Å². The molecule has 170 valence electrons. The number of hydrogen-bond donors (Lipinski definition) is 1. The Kier molecular flexibility index (Phi) is 7.19. The van der Waals surface area contributed by atoms with Crippen molar-refractivity contribution in [1.29, 1.82) is 0 Å². The number of thioether (sulfide) groups is 1. The van der Waals surface area contributed by atoms with Crippen LogP contribution in [-0.2, 0) is 4.79 Å². The smallest absolute Gasteiger partial charge is 0.234 e. The van der Waals surface area contributed by atoms with E-state index >= 15 is 0 Å². The maximum absolute atomic E-state index is 12.6. The fourth-order valence-corrected chi connectivity index (χ4v) is 5.53. The number of anilines is 1. The lowest BCUT2D eigenvalue weighted by Crippen LogP contribution is -2.14. The summed E-state index contributed by atoms with van der Waals surface area (Å²) in [6.07, 6.45) is 3.26. The largest absolute Gasteiger partial charge is 0.325 e.